The number of rotatable bonds is 14. The zero-order valence-electron chi connectivity index (χ0n) is 13.4. The Kier molecular flexibility index (Phi) is 14.3. The van der Waals surface area contributed by atoms with Gasteiger partial charge in [-0.1, -0.05) is 6.92 Å². The van der Waals surface area contributed by atoms with Crippen LogP contribution in [0.1, 0.15) is 39.0 Å². The van der Waals surface area contributed by atoms with Crippen LogP contribution in [-0.2, 0) is 19.0 Å². The molecule has 0 aliphatic carbocycles. The van der Waals surface area contributed by atoms with Crippen molar-refractivity contribution in [2.75, 3.05) is 53.7 Å². The number of hydrogen-bond acceptors (Lipinski definition) is 4. The lowest BCUT2D eigenvalue weighted by Gasteiger charge is -2.17. The van der Waals surface area contributed by atoms with Gasteiger partial charge in [-0.15, -0.1) is 0 Å². The summed E-state index contributed by atoms with van der Waals surface area (Å²) < 4.78 is 15.7. The molecule has 0 atom stereocenters. The minimum atomic E-state index is 0.145. The average molecular weight is 289 g/mol. The summed E-state index contributed by atoms with van der Waals surface area (Å²) in [7, 11) is 3.56. The van der Waals surface area contributed by atoms with Crippen LogP contribution >= 0.6 is 0 Å². The molecular weight excluding hydrogens is 258 g/mol. The molecule has 0 aromatic heterocycles. The molecule has 0 saturated heterocycles. The van der Waals surface area contributed by atoms with Crippen LogP contribution in [0.15, 0.2) is 0 Å². The SMILES string of the molecule is CCCOCCOCCC(=O)N(C)CCCCCOC. The molecule has 5 nitrogen and oxygen atoms in total. The van der Waals surface area contributed by atoms with Gasteiger partial charge in [0.2, 0.25) is 5.91 Å². The second-order valence-electron chi connectivity index (χ2n) is 4.84. The summed E-state index contributed by atoms with van der Waals surface area (Å²) in [6.07, 6.45) is 4.64. The zero-order chi connectivity index (χ0) is 15.1. The number of unbranched alkanes of at least 4 members (excludes halogenated alkanes) is 2. The van der Waals surface area contributed by atoms with Gasteiger partial charge in [0, 0.05) is 33.9 Å². The van der Waals surface area contributed by atoms with Gasteiger partial charge in [-0.2, -0.15) is 0 Å². The third-order valence-corrected chi connectivity index (χ3v) is 2.95. The molecule has 0 radical (unpaired) electrons. The first-order chi connectivity index (χ1) is 9.72. The van der Waals surface area contributed by atoms with Crippen LogP contribution in [0.4, 0.5) is 0 Å². The molecule has 0 saturated carbocycles. The van der Waals surface area contributed by atoms with Crippen molar-refractivity contribution in [2.24, 2.45) is 0 Å². The number of ether oxygens (including phenoxy) is 3. The van der Waals surface area contributed by atoms with Crippen molar-refractivity contribution in [1.29, 1.82) is 0 Å². The molecule has 5 heteroatoms. The fraction of sp³-hybridized carbons (Fsp3) is 0.933. The number of methoxy groups -OCH3 is 1. The fourth-order valence-corrected chi connectivity index (χ4v) is 1.71. The van der Waals surface area contributed by atoms with Crippen LogP contribution in [0.2, 0.25) is 0 Å². The number of carbonyl (C=O) groups excluding carboxylic acids is 1. The molecule has 0 N–H and O–H groups in total. The van der Waals surface area contributed by atoms with E-state index in [1.165, 1.54) is 0 Å². The van der Waals surface area contributed by atoms with E-state index >= 15 is 0 Å². The molecule has 0 aromatic carbocycles. The lowest BCUT2D eigenvalue weighted by Crippen LogP contribution is -2.28. The van der Waals surface area contributed by atoms with Gasteiger partial charge >= 0.3 is 0 Å². The summed E-state index contributed by atoms with van der Waals surface area (Å²) in [5.41, 5.74) is 0. The zero-order valence-corrected chi connectivity index (χ0v) is 13.4. The van der Waals surface area contributed by atoms with Crippen molar-refractivity contribution in [2.45, 2.75) is 39.0 Å². The second-order valence-corrected chi connectivity index (χ2v) is 4.84. The van der Waals surface area contributed by atoms with Crippen LogP contribution < -0.4 is 0 Å². The van der Waals surface area contributed by atoms with Gasteiger partial charge in [0.1, 0.15) is 0 Å². The Morgan fingerprint density at radius 2 is 1.65 bits per heavy atom. The Labute approximate surface area is 123 Å². The van der Waals surface area contributed by atoms with Crippen molar-refractivity contribution < 1.29 is 19.0 Å². The quantitative estimate of drug-likeness (QED) is 0.459. The van der Waals surface area contributed by atoms with Crippen molar-refractivity contribution in [3.8, 4) is 0 Å². The van der Waals surface area contributed by atoms with Crippen molar-refractivity contribution in [1.82, 2.24) is 4.90 Å². The van der Waals surface area contributed by atoms with Gasteiger partial charge in [-0.25, -0.2) is 0 Å². The molecule has 0 bridgehead atoms. The summed E-state index contributed by atoms with van der Waals surface area (Å²) in [6.45, 7) is 6.10. The smallest absolute Gasteiger partial charge is 0.224 e. The van der Waals surface area contributed by atoms with Crippen LogP contribution in [-0.4, -0.2) is 64.5 Å². The number of hydrogen-bond donors (Lipinski definition) is 0. The van der Waals surface area contributed by atoms with Crippen LogP contribution in [0.25, 0.3) is 0 Å². The maximum absolute atomic E-state index is 11.8. The summed E-state index contributed by atoms with van der Waals surface area (Å²) in [4.78, 5) is 13.6. The molecular formula is C15H31NO4. The van der Waals surface area contributed by atoms with Crippen molar-refractivity contribution in [3.63, 3.8) is 0 Å². The van der Waals surface area contributed by atoms with Gasteiger partial charge < -0.3 is 19.1 Å². The van der Waals surface area contributed by atoms with Gasteiger partial charge in [-0.3, -0.25) is 4.79 Å². The number of nitrogens with zero attached hydrogens (tertiary/aromatic N) is 1. The van der Waals surface area contributed by atoms with E-state index in [1.807, 2.05) is 7.05 Å². The Morgan fingerprint density at radius 3 is 2.30 bits per heavy atom. The molecule has 1 amide bonds. The third-order valence-electron chi connectivity index (χ3n) is 2.95. The van der Waals surface area contributed by atoms with Crippen molar-refractivity contribution >= 4 is 5.91 Å². The van der Waals surface area contributed by atoms with E-state index in [0.717, 1.165) is 45.4 Å². The normalized spacial score (nSPS) is 10.8. The van der Waals surface area contributed by atoms with Crippen molar-refractivity contribution in [3.05, 3.63) is 0 Å². The lowest BCUT2D eigenvalue weighted by molar-refractivity contribution is -0.131. The van der Waals surface area contributed by atoms with E-state index in [2.05, 4.69) is 6.92 Å². The number of carbonyl (C=O) groups is 1. The van der Waals surface area contributed by atoms with Gasteiger partial charge in [0.05, 0.1) is 26.2 Å². The topological polar surface area (TPSA) is 48.0 Å². The predicted molar refractivity (Wildman–Crippen MR) is 79.9 cm³/mol. The molecule has 120 valence electrons. The highest BCUT2D eigenvalue weighted by Gasteiger charge is 2.07. The standard InChI is InChI=1S/C15H31NO4/c1-4-10-19-13-14-20-12-8-15(17)16(2)9-6-5-7-11-18-3/h4-14H2,1-3H3. The van der Waals surface area contributed by atoms with Gasteiger partial charge in [-0.05, 0) is 25.7 Å². The summed E-state index contributed by atoms with van der Waals surface area (Å²) in [5, 5.41) is 0. The predicted octanol–water partition coefficient (Wildman–Crippen LogP) is 2.09. The Balaban J connectivity index is 3.36. The first-order valence-electron chi connectivity index (χ1n) is 7.60. The monoisotopic (exact) mass is 289 g/mol. The van der Waals surface area contributed by atoms with Crippen LogP contribution in [0.5, 0.6) is 0 Å². The Bertz CT molecular complexity index is 224. The first kappa shape index (κ1) is 19.4. The molecule has 0 unspecified atom stereocenters. The largest absolute Gasteiger partial charge is 0.385 e. The minimum Gasteiger partial charge on any atom is -0.385 e. The van der Waals surface area contributed by atoms with E-state index in [-0.39, 0.29) is 5.91 Å². The van der Waals surface area contributed by atoms with E-state index in [4.69, 9.17) is 14.2 Å². The first-order valence-corrected chi connectivity index (χ1v) is 7.60. The summed E-state index contributed by atoms with van der Waals surface area (Å²) >= 11 is 0. The highest BCUT2D eigenvalue weighted by Crippen LogP contribution is 2.00. The minimum absolute atomic E-state index is 0.145. The second kappa shape index (κ2) is 14.8. The fourth-order valence-electron chi connectivity index (χ4n) is 1.71. The molecule has 0 aliphatic heterocycles. The highest BCUT2D eigenvalue weighted by molar-refractivity contribution is 5.75. The van der Waals surface area contributed by atoms with Crippen LogP contribution in [0.3, 0.4) is 0 Å². The summed E-state index contributed by atoms with van der Waals surface area (Å²) in [6, 6.07) is 0. The molecule has 0 fully saturated rings. The van der Waals surface area contributed by atoms with Gasteiger partial charge in [0.25, 0.3) is 0 Å². The maximum Gasteiger partial charge on any atom is 0.224 e. The van der Waals surface area contributed by atoms with E-state index < -0.39 is 0 Å². The number of amides is 1. The molecule has 0 aliphatic rings. The molecule has 0 spiro atoms. The average Bonchev–Trinajstić information content (AvgIpc) is 2.45. The molecule has 0 aromatic rings. The Hall–Kier alpha value is -0.650. The van der Waals surface area contributed by atoms with Gasteiger partial charge in [0.15, 0.2) is 0 Å². The molecule has 0 rings (SSSR count). The Morgan fingerprint density at radius 1 is 0.950 bits per heavy atom. The molecule has 0 heterocycles. The lowest BCUT2D eigenvalue weighted by atomic mass is 10.2. The van der Waals surface area contributed by atoms with E-state index in [9.17, 15) is 4.79 Å². The van der Waals surface area contributed by atoms with E-state index in [0.29, 0.717) is 26.2 Å². The van der Waals surface area contributed by atoms with Crippen LogP contribution in [0, 0.1) is 0 Å². The van der Waals surface area contributed by atoms with E-state index in [1.54, 1.807) is 12.0 Å². The summed E-state index contributed by atoms with van der Waals surface area (Å²) in [5.74, 6) is 0.145. The maximum atomic E-state index is 11.8. The third kappa shape index (κ3) is 12.4. The molecule has 20 heavy (non-hydrogen) atoms. The highest BCUT2D eigenvalue weighted by atomic mass is 16.5.